The summed E-state index contributed by atoms with van der Waals surface area (Å²) < 4.78 is 0. The second-order valence-electron chi connectivity index (χ2n) is 12.0. The summed E-state index contributed by atoms with van der Waals surface area (Å²) in [5.41, 5.74) is 3.70. The monoisotopic (exact) mass is 517 g/mol. The molecule has 0 saturated carbocycles. The Morgan fingerprint density at radius 2 is 1.21 bits per heavy atom. The maximum absolute atomic E-state index is 11.5. The van der Waals surface area contributed by atoms with Crippen LogP contribution < -0.4 is 0 Å². The first-order valence-corrected chi connectivity index (χ1v) is 15.8. The van der Waals surface area contributed by atoms with Crippen LogP contribution in [0.4, 0.5) is 0 Å². The van der Waals surface area contributed by atoms with Crippen molar-refractivity contribution in [2.75, 3.05) is 19.6 Å². The smallest absolute Gasteiger partial charge is 0.0917 e. The third-order valence-corrected chi connectivity index (χ3v) is 8.34. The molecule has 3 aromatic carbocycles. The molecular weight excluding hydrogens is 462 g/mol. The maximum Gasteiger partial charge on any atom is 0.0917 e. The summed E-state index contributed by atoms with van der Waals surface area (Å²) in [4.78, 5) is 2.54. The van der Waals surface area contributed by atoms with Crippen molar-refractivity contribution in [2.45, 2.75) is 124 Å². The third-order valence-electron chi connectivity index (χ3n) is 8.34. The van der Waals surface area contributed by atoms with Gasteiger partial charge in [0.05, 0.1) is 6.10 Å². The Hall–Kier alpha value is -1.90. The molecule has 0 spiro atoms. The molecular formula is C36H55NO. The van der Waals surface area contributed by atoms with Crippen LogP contribution in [0.5, 0.6) is 0 Å². The van der Waals surface area contributed by atoms with E-state index in [1.807, 2.05) is 0 Å². The number of nitrogens with zero attached hydrogens (tertiary/aromatic N) is 1. The molecule has 1 N–H and O–H groups in total. The molecule has 0 aromatic heterocycles. The fraction of sp³-hybridized carbons (Fsp3) is 0.611. The van der Waals surface area contributed by atoms with Crippen LogP contribution in [-0.4, -0.2) is 29.6 Å². The van der Waals surface area contributed by atoms with Crippen molar-refractivity contribution >= 4 is 21.5 Å². The van der Waals surface area contributed by atoms with E-state index in [1.54, 1.807) is 0 Å². The Bertz CT molecular complexity index is 1090. The van der Waals surface area contributed by atoms with E-state index in [0.717, 1.165) is 25.2 Å². The molecule has 0 radical (unpaired) electrons. The fourth-order valence-corrected chi connectivity index (χ4v) is 5.84. The molecule has 0 unspecified atom stereocenters. The van der Waals surface area contributed by atoms with Gasteiger partial charge in [-0.1, -0.05) is 128 Å². The van der Waals surface area contributed by atoms with Crippen LogP contribution in [0.25, 0.3) is 21.5 Å². The molecule has 0 aliphatic carbocycles. The molecule has 0 heterocycles. The minimum atomic E-state index is -0.455. The van der Waals surface area contributed by atoms with Crippen molar-refractivity contribution in [2.24, 2.45) is 0 Å². The van der Waals surface area contributed by atoms with E-state index in [4.69, 9.17) is 0 Å². The van der Waals surface area contributed by atoms with Gasteiger partial charge in [0.1, 0.15) is 0 Å². The van der Waals surface area contributed by atoms with Crippen LogP contribution in [0, 0.1) is 6.92 Å². The predicted octanol–water partition coefficient (Wildman–Crippen LogP) is 10.5. The fourth-order valence-electron chi connectivity index (χ4n) is 5.84. The number of hydrogen-bond donors (Lipinski definition) is 1. The predicted molar refractivity (Wildman–Crippen MR) is 168 cm³/mol. The molecule has 2 heteroatoms. The SMILES string of the molecule is CCCCCCCCN(CCCCCCCC)C[C@@H](O)c1cc(C)c2ccc3cc(C(C)C)ccc3c2c1. The highest BCUT2D eigenvalue weighted by atomic mass is 16.3. The number of benzene rings is 3. The number of rotatable bonds is 18. The normalized spacial score (nSPS) is 12.8. The molecule has 38 heavy (non-hydrogen) atoms. The summed E-state index contributed by atoms with van der Waals surface area (Å²) in [5, 5.41) is 16.6. The topological polar surface area (TPSA) is 23.5 Å². The highest BCUT2D eigenvalue weighted by Gasteiger charge is 2.16. The van der Waals surface area contributed by atoms with Crippen molar-refractivity contribution in [1.29, 1.82) is 0 Å². The van der Waals surface area contributed by atoms with Gasteiger partial charge in [0, 0.05) is 6.54 Å². The zero-order chi connectivity index (χ0) is 27.3. The van der Waals surface area contributed by atoms with Crippen molar-refractivity contribution in [3.05, 3.63) is 59.2 Å². The zero-order valence-corrected chi connectivity index (χ0v) is 25.2. The minimum Gasteiger partial charge on any atom is -0.387 e. The molecule has 0 bridgehead atoms. The average molecular weight is 518 g/mol. The number of aryl methyl sites for hydroxylation is 1. The van der Waals surface area contributed by atoms with Gasteiger partial charge < -0.3 is 10.0 Å². The Kier molecular flexibility index (Phi) is 13.1. The van der Waals surface area contributed by atoms with E-state index in [-0.39, 0.29) is 0 Å². The van der Waals surface area contributed by atoms with Gasteiger partial charge in [0.15, 0.2) is 0 Å². The van der Waals surface area contributed by atoms with E-state index < -0.39 is 6.10 Å². The third kappa shape index (κ3) is 9.09. The van der Waals surface area contributed by atoms with Gasteiger partial charge in [-0.3, -0.25) is 0 Å². The van der Waals surface area contributed by atoms with Gasteiger partial charge in [-0.15, -0.1) is 0 Å². The van der Waals surface area contributed by atoms with E-state index in [9.17, 15) is 5.11 Å². The Morgan fingerprint density at radius 1 is 0.632 bits per heavy atom. The standard InChI is InChI=1S/C36H55NO/c1-6-8-10-12-14-16-22-37(23-17-15-13-11-9-7-2)27-36(38)32-24-29(5)33-20-19-31-25-30(28(3)4)18-21-34(31)35(33)26-32/h18-21,24-26,28,36,38H,6-17,22-23,27H2,1-5H3/t36-/m1/s1. The summed E-state index contributed by atoms with van der Waals surface area (Å²) in [6, 6.07) is 15.9. The highest BCUT2D eigenvalue weighted by Crippen LogP contribution is 2.32. The van der Waals surface area contributed by atoms with Crippen molar-refractivity contribution in [3.8, 4) is 0 Å². The van der Waals surface area contributed by atoms with Crippen LogP contribution in [0.3, 0.4) is 0 Å². The summed E-state index contributed by atoms with van der Waals surface area (Å²) in [5.74, 6) is 0.522. The van der Waals surface area contributed by atoms with Crippen LogP contribution >= 0.6 is 0 Å². The van der Waals surface area contributed by atoms with Crippen molar-refractivity contribution < 1.29 is 5.11 Å². The Morgan fingerprint density at radius 3 is 1.82 bits per heavy atom. The molecule has 0 amide bonds. The van der Waals surface area contributed by atoms with E-state index in [2.05, 4.69) is 82.0 Å². The summed E-state index contributed by atoms with van der Waals surface area (Å²) >= 11 is 0. The molecule has 0 aliphatic rings. The first-order chi connectivity index (χ1) is 18.4. The number of unbranched alkanes of at least 4 members (excludes halogenated alkanes) is 10. The molecule has 1 atom stereocenters. The largest absolute Gasteiger partial charge is 0.387 e. The molecule has 3 rings (SSSR count). The lowest BCUT2D eigenvalue weighted by Gasteiger charge is -2.26. The van der Waals surface area contributed by atoms with Crippen LogP contribution in [0.1, 0.15) is 133 Å². The van der Waals surface area contributed by atoms with Crippen molar-refractivity contribution in [1.82, 2.24) is 4.90 Å². The first kappa shape index (κ1) is 30.6. The number of hydrogen-bond acceptors (Lipinski definition) is 2. The highest BCUT2D eigenvalue weighted by molar-refractivity contribution is 6.08. The Balaban J connectivity index is 1.73. The molecule has 3 aromatic rings. The van der Waals surface area contributed by atoms with E-state index in [0.29, 0.717) is 5.92 Å². The summed E-state index contributed by atoms with van der Waals surface area (Å²) in [7, 11) is 0. The van der Waals surface area contributed by atoms with Crippen LogP contribution in [0.2, 0.25) is 0 Å². The molecule has 0 aliphatic heterocycles. The van der Waals surface area contributed by atoms with Crippen LogP contribution in [-0.2, 0) is 0 Å². The number of aliphatic hydroxyl groups excluding tert-OH is 1. The van der Waals surface area contributed by atoms with Crippen molar-refractivity contribution in [3.63, 3.8) is 0 Å². The number of aliphatic hydroxyl groups is 1. The quantitative estimate of drug-likeness (QED) is 0.134. The molecule has 0 fully saturated rings. The molecule has 0 saturated heterocycles. The van der Waals surface area contributed by atoms with Crippen LogP contribution in [0.15, 0.2) is 42.5 Å². The van der Waals surface area contributed by atoms with E-state index >= 15 is 0 Å². The van der Waals surface area contributed by atoms with Gasteiger partial charge in [-0.25, -0.2) is 0 Å². The second kappa shape index (κ2) is 16.3. The Labute approximate surface area is 233 Å². The first-order valence-electron chi connectivity index (χ1n) is 15.8. The van der Waals surface area contributed by atoms with Gasteiger partial charge >= 0.3 is 0 Å². The minimum absolute atomic E-state index is 0.455. The average Bonchev–Trinajstić information content (AvgIpc) is 2.91. The lowest BCUT2D eigenvalue weighted by molar-refractivity contribution is 0.110. The summed E-state index contributed by atoms with van der Waals surface area (Å²) in [6.45, 7) is 14.2. The summed E-state index contributed by atoms with van der Waals surface area (Å²) in [6.07, 6.45) is 15.4. The van der Waals surface area contributed by atoms with Gasteiger partial charge in [-0.2, -0.15) is 0 Å². The maximum atomic E-state index is 11.5. The lowest BCUT2D eigenvalue weighted by atomic mass is 9.92. The van der Waals surface area contributed by atoms with E-state index in [1.165, 1.54) is 110 Å². The van der Waals surface area contributed by atoms with Gasteiger partial charge in [0.2, 0.25) is 0 Å². The zero-order valence-electron chi connectivity index (χ0n) is 25.2. The van der Waals surface area contributed by atoms with Gasteiger partial charge in [0.25, 0.3) is 0 Å². The lowest BCUT2D eigenvalue weighted by Crippen LogP contribution is -2.31. The number of fused-ring (bicyclic) bond motifs is 3. The van der Waals surface area contributed by atoms with Gasteiger partial charge in [-0.05, 0) is 83.1 Å². The molecule has 2 nitrogen and oxygen atoms in total. The molecule has 210 valence electrons. The second-order valence-corrected chi connectivity index (χ2v) is 12.0.